The molecule has 0 aliphatic heterocycles. The molecule has 0 aliphatic rings. The molecule has 0 bridgehead atoms. The Morgan fingerprint density at radius 2 is 1.00 bits per heavy atom. The van der Waals surface area contributed by atoms with E-state index in [0.29, 0.717) is 0 Å². The summed E-state index contributed by atoms with van der Waals surface area (Å²) in [6.45, 7) is 0. The number of hydrogen-bond acceptors (Lipinski definition) is 3. The van der Waals surface area contributed by atoms with Gasteiger partial charge < -0.3 is 9.47 Å². The average molecular weight is 673 g/mol. The minimum absolute atomic E-state index is 1.13. The summed E-state index contributed by atoms with van der Waals surface area (Å²) in [6, 6.07) is 62.6. The quantitative estimate of drug-likeness (QED) is 0.181. The molecule has 234 valence electrons. The number of nitrogens with zero attached hydrogens (tertiary/aromatic N) is 2. The van der Waals surface area contributed by atoms with Crippen LogP contribution >= 0.6 is 22.7 Å². The SMILES string of the molecule is c1ccc(-n2c3ccccc3c3cccc(N(c4ccc5cc6sc7ccccc7c6cc5c4)c4ccc5c(c4)sc4ccccc45)c32)cc1. The van der Waals surface area contributed by atoms with Gasteiger partial charge in [0.2, 0.25) is 0 Å². The van der Waals surface area contributed by atoms with Gasteiger partial charge in [0.15, 0.2) is 0 Å². The number of fused-ring (bicyclic) bond motifs is 10. The van der Waals surface area contributed by atoms with E-state index in [1.165, 1.54) is 72.9 Å². The van der Waals surface area contributed by atoms with Crippen molar-refractivity contribution in [1.29, 1.82) is 0 Å². The standard InChI is InChI=1S/C46H28N2S2/c1-2-11-31(12-3-1)48-40-17-7-4-13-34(40)38-16-10-18-41(46(38)48)47(33-23-24-37-35-14-5-8-19-42(35)50-45(37)28-33)32-22-21-29-27-44-39(26-30(29)25-32)36-15-6-9-20-43(36)49-44/h1-28H. The van der Waals surface area contributed by atoms with Gasteiger partial charge in [0, 0.05) is 68.2 Å². The Labute approximate surface area is 296 Å². The van der Waals surface area contributed by atoms with Crippen LogP contribution in [0.5, 0.6) is 0 Å². The van der Waals surface area contributed by atoms with E-state index in [1.807, 2.05) is 22.7 Å². The maximum Gasteiger partial charge on any atom is 0.0782 e. The van der Waals surface area contributed by atoms with E-state index in [0.717, 1.165) is 22.7 Å². The van der Waals surface area contributed by atoms with E-state index in [9.17, 15) is 0 Å². The molecule has 4 heteroatoms. The summed E-state index contributed by atoms with van der Waals surface area (Å²) >= 11 is 3.74. The number of aromatic nitrogens is 1. The van der Waals surface area contributed by atoms with E-state index < -0.39 is 0 Å². The average Bonchev–Trinajstić information content (AvgIpc) is 3.84. The molecule has 0 aliphatic carbocycles. The Hall–Kier alpha value is -5.94. The van der Waals surface area contributed by atoms with E-state index >= 15 is 0 Å². The van der Waals surface area contributed by atoms with Crippen LogP contribution in [0, 0.1) is 0 Å². The number of benzene rings is 8. The normalized spacial score (nSPS) is 12.0. The Morgan fingerprint density at radius 1 is 0.380 bits per heavy atom. The van der Waals surface area contributed by atoms with Crippen LogP contribution in [0.3, 0.4) is 0 Å². The van der Waals surface area contributed by atoms with Crippen molar-refractivity contribution in [2.45, 2.75) is 0 Å². The third-order valence-corrected chi connectivity index (χ3v) is 12.4. The van der Waals surface area contributed by atoms with Gasteiger partial charge in [0.25, 0.3) is 0 Å². The minimum atomic E-state index is 1.13. The van der Waals surface area contributed by atoms with Crippen molar-refractivity contribution in [1.82, 2.24) is 4.57 Å². The van der Waals surface area contributed by atoms with Crippen LogP contribution in [-0.2, 0) is 0 Å². The monoisotopic (exact) mass is 672 g/mol. The first-order valence-corrected chi connectivity index (χ1v) is 18.6. The molecule has 0 atom stereocenters. The number of hydrogen-bond donors (Lipinski definition) is 0. The maximum absolute atomic E-state index is 2.47. The van der Waals surface area contributed by atoms with Crippen LogP contribution in [-0.4, -0.2) is 4.57 Å². The molecule has 0 saturated carbocycles. The lowest BCUT2D eigenvalue weighted by molar-refractivity contribution is 1.17. The second-order valence-electron chi connectivity index (χ2n) is 13.0. The highest BCUT2D eigenvalue weighted by Gasteiger charge is 2.22. The number of rotatable bonds is 4. The van der Waals surface area contributed by atoms with Crippen LogP contribution in [0.2, 0.25) is 0 Å². The minimum Gasteiger partial charge on any atom is -0.308 e. The van der Waals surface area contributed by atoms with Gasteiger partial charge in [-0.15, -0.1) is 22.7 Å². The van der Waals surface area contributed by atoms with Gasteiger partial charge in [-0.25, -0.2) is 0 Å². The molecule has 0 fully saturated rings. The van der Waals surface area contributed by atoms with E-state index in [4.69, 9.17) is 0 Å². The van der Waals surface area contributed by atoms with Crippen molar-refractivity contribution in [3.05, 3.63) is 170 Å². The molecule has 2 nitrogen and oxygen atoms in total. The first-order valence-electron chi connectivity index (χ1n) is 16.9. The van der Waals surface area contributed by atoms with Crippen molar-refractivity contribution in [3.8, 4) is 5.69 Å². The highest BCUT2D eigenvalue weighted by molar-refractivity contribution is 7.26. The molecule has 11 aromatic rings. The summed E-state index contributed by atoms with van der Waals surface area (Å²) in [7, 11) is 0. The predicted octanol–water partition coefficient (Wildman–Crippen LogP) is 14.1. The lowest BCUT2D eigenvalue weighted by Crippen LogP contribution is -2.11. The lowest BCUT2D eigenvalue weighted by atomic mass is 10.0. The second-order valence-corrected chi connectivity index (χ2v) is 15.1. The first-order chi connectivity index (χ1) is 24.8. The summed E-state index contributed by atoms with van der Waals surface area (Å²) in [6.07, 6.45) is 0. The fraction of sp³-hybridized carbons (Fsp3) is 0. The molecule has 8 aromatic carbocycles. The third kappa shape index (κ3) is 4.13. The van der Waals surface area contributed by atoms with E-state index in [-0.39, 0.29) is 0 Å². The van der Waals surface area contributed by atoms with Gasteiger partial charge in [0.05, 0.1) is 16.7 Å². The van der Waals surface area contributed by atoms with Crippen molar-refractivity contribution in [3.63, 3.8) is 0 Å². The molecule has 0 spiro atoms. The summed E-state index contributed by atoms with van der Waals surface area (Å²) in [5.41, 5.74) is 6.96. The summed E-state index contributed by atoms with van der Waals surface area (Å²) in [5.74, 6) is 0. The molecule has 3 heterocycles. The van der Waals surface area contributed by atoms with Gasteiger partial charge in [-0.05, 0) is 83.6 Å². The topological polar surface area (TPSA) is 8.17 Å². The van der Waals surface area contributed by atoms with Gasteiger partial charge in [-0.1, -0.05) is 97.1 Å². The van der Waals surface area contributed by atoms with E-state index in [2.05, 4.69) is 179 Å². The Balaban J connectivity index is 1.22. The highest BCUT2D eigenvalue weighted by atomic mass is 32.1. The lowest BCUT2D eigenvalue weighted by Gasteiger charge is -2.27. The van der Waals surface area contributed by atoms with Crippen LogP contribution < -0.4 is 4.90 Å². The Morgan fingerprint density at radius 3 is 1.82 bits per heavy atom. The Bertz CT molecular complexity index is 3110. The van der Waals surface area contributed by atoms with E-state index in [1.54, 1.807) is 0 Å². The first kappa shape index (κ1) is 28.0. The smallest absolute Gasteiger partial charge is 0.0782 e. The molecular formula is C46H28N2S2. The molecule has 3 aromatic heterocycles. The molecule has 0 N–H and O–H groups in total. The summed E-state index contributed by atoms with van der Waals surface area (Å²) < 4.78 is 7.70. The van der Waals surface area contributed by atoms with Crippen molar-refractivity contribution < 1.29 is 0 Å². The second kappa shape index (κ2) is 10.8. The molecule has 11 rings (SSSR count). The van der Waals surface area contributed by atoms with Crippen molar-refractivity contribution in [2.75, 3.05) is 4.90 Å². The molecule has 0 unspecified atom stereocenters. The molecule has 0 saturated heterocycles. The highest BCUT2D eigenvalue weighted by Crippen LogP contribution is 2.46. The maximum atomic E-state index is 2.47. The molecule has 50 heavy (non-hydrogen) atoms. The zero-order chi connectivity index (χ0) is 32.8. The van der Waals surface area contributed by atoms with Gasteiger partial charge in [-0.2, -0.15) is 0 Å². The molecular weight excluding hydrogens is 645 g/mol. The van der Waals surface area contributed by atoms with Crippen LogP contribution in [0.4, 0.5) is 17.1 Å². The largest absolute Gasteiger partial charge is 0.308 e. The zero-order valence-corrected chi connectivity index (χ0v) is 28.5. The predicted molar refractivity (Wildman–Crippen MR) is 219 cm³/mol. The third-order valence-electron chi connectivity index (χ3n) is 10.1. The Kier molecular flexibility index (Phi) is 6.03. The van der Waals surface area contributed by atoms with Gasteiger partial charge >= 0.3 is 0 Å². The van der Waals surface area contributed by atoms with Gasteiger partial charge in [0.1, 0.15) is 0 Å². The summed E-state index contributed by atoms with van der Waals surface area (Å²) in [4.78, 5) is 2.47. The molecule has 0 radical (unpaired) electrons. The fourth-order valence-corrected chi connectivity index (χ4v) is 10.2. The zero-order valence-electron chi connectivity index (χ0n) is 26.9. The fourth-order valence-electron chi connectivity index (χ4n) is 7.90. The van der Waals surface area contributed by atoms with Gasteiger partial charge in [-0.3, -0.25) is 0 Å². The van der Waals surface area contributed by atoms with Crippen LogP contribution in [0.25, 0.3) is 78.6 Å². The van der Waals surface area contributed by atoms with Crippen molar-refractivity contribution in [2.24, 2.45) is 0 Å². The number of anilines is 3. The van der Waals surface area contributed by atoms with Crippen molar-refractivity contribution >= 4 is 113 Å². The number of para-hydroxylation sites is 3. The van der Waals surface area contributed by atoms with Crippen LogP contribution in [0.1, 0.15) is 0 Å². The van der Waals surface area contributed by atoms with Crippen LogP contribution in [0.15, 0.2) is 170 Å². The molecule has 0 amide bonds. The summed E-state index contributed by atoms with van der Waals surface area (Å²) in [5, 5.41) is 10.2. The number of thiophene rings is 2.